The zero-order chi connectivity index (χ0) is 12.9. The predicted octanol–water partition coefficient (Wildman–Crippen LogP) is 0.549. The summed E-state index contributed by atoms with van der Waals surface area (Å²) < 4.78 is 12.7. The molecule has 18 heavy (non-hydrogen) atoms. The van der Waals surface area contributed by atoms with Crippen LogP contribution in [0.25, 0.3) is 0 Å². The molecule has 2 aliphatic rings. The van der Waals surface area contributed by atoms with Gasteiger partial charge in [0.15, 0.2) is 0 Å². The van der Waals surface area contributed by atoms with Crippen molar-refractivity contribution in [2.24, 2.45) is 17.8 Å². The lowest BCUT2D eigenvalue weighted by atomic mass is 10.2. The van der Waals surface area contributed by atoms with Crippen LogP contribution in [0.15, 0.2) is 24.3 Å². The average Bonchev–Trinajstić information content (AvgIpc) is 3.05. The SMILES string of the molecule is O=C1C2C(CO)C2C(=O)N1Cc1ccc(F)cc1. The zero-order valence-corrected chi connectivity index (χ0v) is 9.54. The Morgan fingerprint density at radius 1 is 1.11 bits per heavy atom. The standard InChI is InChI=1S/C13H12FNO3/c14-8-3-1-7(2-4-8)5-15-12(17)10-9(6-16)11(10)13(15)18/h1-4,9-11,16H,5-6H2. The van der Waals surface area contributed by atoms with Crippen LogP contribution in [-0.2, 0) is 16.1 Å². The fourth-order valence-corrected chi connectivity index (χ4v) is 2.67. The van der Waals surface area contributed by atoms with Crippen LogP contribution in [-0.4, -0.2) is 28.4 Å². The van der Waals surface area contributed by atoms with Gasteiger partial charge in [-0.05, 0) is 17.7 Å². The Hall–Kier alpha value is -1.75. The van der Waals surface area contributed by atoms with Gasteiger partial charge in [-0.15, -0.1) is 0 Å². The van der Waals surface area contributed by atoms with Crippen molar-refractivity contribution < 1.29 is 19.1 Å². The maximum Gasteiger partial charge on any atom is 0.233 e. The van der Waals surface area contributed by atoms with Crippen molar-refractivity contribution in [2.75, 3.05) is 6.61 Å². The molecule has 2 fully saturated rings. The van der Waals surface area contributed by atoms with Crippen LogP contribution in [0.5, 0.6) is 0 Å². The van der Waals surface area contributed by atoms with Gasteiger partial charge < -0.3 is 5.11 Å². The molecule has 1 aromatic rings. The van der Waals surface area contributed by atoms with E-state index in [1.54, 1.807) is 12.1 Å². The van der Waals surface area contributed by atoms with Crippen LogP contribution < -0.4 is 0 Å². The summed E-state index contributed by atoms with van der Waals surface area (Å²) in [5.41, 5.74) is 0.722. The van der Waals surface area contributed by atoms with Gasteiger partial charge in [-0.1, -0.05) is 12.1 Å². The van der Waals surface area contributed by atoms with Crippen LogP contribution in [0.1, 0.15) is 5.56 Å². The predicted molar refractivity (Wildman–Crippen MR) is 59.5 cm³/mol. The third-order valence-corrected chi connectivity index (χ3v) is 3.74. The number of carbonyl (C=O) groups excluding carboxylic acids is 2. The molecular formula is C13H12FNO3. The second-order valence-electron chi connectivity index (χ2n) is 4.79. The first-order valence-corrected chi connectivity index (χ1v) is 5.84. The average molecular weight is 249 g/mol. The number of rotatable bonds is 3. The van der Waals surface area contributed by atoms with Gasteiger partial charge in [-0.2, -0.15) is 0 Å². The molecule has 1 saturated carbocycles. The molecule has 1 saturated heterocycles. The lowest BCUT2D eigenvalue weighted by molar-refractivity contribution is -0.143. The van der Waals surface area contributed by atoms with Crippen molar-refractivity contribution in [2.45, 2.75) is 6.54 Å². The second kappa shape index (κ2) is 3.88. The van der Waals surface area contributed by atoms with Crippen molar-refractivity contribution in [3.8, 4) is 0 Å². The van der Waals surface area contributed by atoms with Crippen LogP contribution in [0.4, 0.5) is 4.39 Å². The fourth-order valence-electron chi connectivity index (χ4n) is 2.67. The summed E-state index contributed by atoms with van der Waals surface area (Å²) in [6.45, 7) is 0.0697. The summed E-state index contributed by atoms with van der Waals surface area (Å²) in [5.74, 6) is -1.62. The Morgan fingerprint density at radius 2 is 1.67 bits per heavy atom. The molecule has 1 N–H and O–H groups in total. The number of hydrogen-bond acceptors (Lipinski definition) is 3. The molecule has 1 aromatic carbocycles. The molecular weight excluding hydrogens is 237 g/mol. The highest BCUT2D eigenvalue weighted by atomic mass is 19.1. The lowest BCUT2D eigenvalue weighted by Gasteiger charge is -2.17. The number of imide groups is 1. The van der Waals surface area contributed by atoms with Crippen molar-refractivity contribution in [3.05, 3.63) is 35.6 Å². The molecule has 5 heteroatoms. The number of fused-ring (bicyclic) bond motifs is 1. The van der Waals surface area contributed by atoms with Gasteiger partial charge in [0.2, 0.25) is 11.8 Å². The Kier molecular flexibility index (Phi) is 2.45. The molecule has 0 bridgehead atoms. The molecule has 2 atom stereocenters. The summed E-state index contributed by atoms with van der Waals surface area (Å²) >= 11 is 0. The Bertz CT molecular complexity index is 491. The lowest BCUT2D eigenvalue weighted by Crippen LogP contribution is -2.34. The molecule has 94 valence electrons. The highest BCUT2D eigenvalue weighted by Crippen LogP contribution is 2.53. The van der Waals surface area contributed by atoms with Gasteiger partial charge in [0, 0.05) is 12.5 Å². The molecule has 2 amide bonds. The minimum absolute atomic E-state index is 0.114. The summed E-state index contributed by atoms with van der Waals surface area (Å²) in [6, 6.07) is 5.72. The summed E-state index contributed by atoms with van der Waals surface area (Å²) in [5, 5.41) is 8.99. The maximum absolute atomic E-state index is 12.7. The Labute approximate surface area is 103 Å². The van der Waals surface area contributed by atoms with Gasteiger partial charge in [0.05, 0.1) is 18.4 Å². The van der Waals surface area contributed by atoms with Crippen molar-refractivity contribution >= 4 is 11.8 Å². The number of aliphatic hydroxyl groups excluding tert-OH is 1. The van der Waals surface area contributed by atoms with Crippen LogP contribution in [0, 0.1) is 23.6 Å². The van der Waals surface area contributed by atoms with Gasteiger partial charge >= 0.3 is 0 Å². The number of amides is 2. The first kappa shape index (κ1) is 11.3. The molecule has 1 heterocycles. The van der Waals surface area contributed by atoms with Crippen LogP contribution in [0.3, 0.4) is 0 Å². The number of carbonyl (C=O) groups is 2. The van der Waals surface area contributed by atoms with E-state index >= 15 is 0 Å². The second-order valence-corrected chi connectivity index (χ2v) is 4.79. The van der Waals surface area contributed by atoms with E-state index in [9.17, 15) is 14.0 Å². The minimum Gasteiger partial charge on any atom is -0.396 e. The van der Waals surface area contributed by atoms with E-state index < -0.39 is 0 Å². The van der Waals surface area contributed by atoms with Crippen LogP contribution in [0.2, 0.25) is 0 Å². The first-order valence-electron chi connectivity index (χ1n) is 5.84. The van der Waals surface area contributed by atoms with Gasteiger partial charge in [-0.3, -0.25) is 14.5 Å². The quantitative estimate of drug-likeness (QED) is 0.796. The number of piperidine rings is 1. The zero-order valence-electron chi connectivity index (χ0n) is 9.54. The van der Waals surface area contributed by atoms with Crippen molar-refractivity contribution in [3.63, 3.8) is 0 Å². The van der Waals surface area contributed by atoms with Crippen molar-refractivity contribution in [1.29, 1.82) is 0 Å². The molecule has 0 aromatic heterocycles. The van der Waals surface area contributed by atoms with Gasteiger partial charge in [0.1, 0.15) is 5.82 Å². The third kappa shape index (κ3) is 1.54. The highest BCUT2D eigenvalue weighted by molar-refractivity contribution is 6.09. The van der Waals surface area contributed by atoms with E-state index in [0.29, 0.717) is 0 Å². The van der Waals surface area contributed by atoms with Gasteiger partial charge in [-0.25, -0.2) is 4.39 Å². The van der Waals surface area contributed by atoms with Gasteiger partial charge in [0.25, 0.3) is 0 Å². The molecule has 2 unspecified atom stereocenters. The number of benzene rings is 1. The third-order valence-electron chi connectivity index (χ3n) is 3.74. The summed E-state index contributed by atoms with van der Waals surface area (Å²) in [7, 11) is 0. The molecule has 1 aliphatic heterocycles. The summed E-state index contributed by atoms with van der Waals surface area (Å²) in [6.07, 6.45) is 0. The number of likely N-dealkylation sites (tertiary alicyclic amines) is 1. The Morgan fingerprint density at radius 3 is 2.17 bits per heavy atom. The van der Waals surface area contributed by atoms with E-state index in [1.165, 1.54) is 17.0 Å². The molecule has 0 spiro atoms. The van der Waals surface area contributed by atoms with E-state index in [2.05, 4.69) is 0 Å². The minimum atomic E-state index is -0.346. The monoisotopic (exact) mass is 249 g/mol. The maximum atomic E-state index is 12.7. The molecule has 4 nitrogen and oxygen atoms in total. The largest absolute Gasteiger partial charge is 0.396 e. The smallest absolute Gasteiger partial charge is 0.233 e. The number of nitrogens with zero attached hydrogens (tertiary/aromatic N) is 1. The van der Waals surface area contributed by atoms with Crippen molar-refractivity contribution in [1.82, 2.24) is 4.90 Å². The highest BCUT2D eigenvalue weighted by Gasteiger charge is 2.66. The normalized spacial score (nSPS) is 29.7. The van der Waals surface area contributed by atoms with E-state index in [4.69, 9.17) is 5.11 Å². The fraction of sp³-hybridized carbons (Fsp3) is 0.385. The first-order chi connectivity index (χ1) is 8.63. The van der Waals surface area contributed by atoms with E-state index in [1.807, 2.05) is 0 Å². The Balaban J connectivity index is 1.74. The van der Waals surface area contributed by atoms with Crippen LogP contribution >= 0.6 is 0 Å². The van der Waals surface area contributed by atoms with E-state index in [0.717, 1.165) is 5.56 Å². The summed E-state index contributed by atoms with van der Waals surface area (Å²) in [4.78, 5) is 25.0. The topological polar surface area (TPSA) is 57.6 Å². The molecule has 1 aliphatic carbocycles. The number of hydrogen-bond donors (Lipinski definition) is 1. The van der Waals surface area contributed by atoms with E-state index in [-0.39, 0.29) is 48.5 Å². The number of halogens is 1. The number of aliphatic hydroxyl groups is 1. The molecule has 3 rings (SSSR count). The molecule has 0 radical (unpaired) electrons.